The van der Waals surface area contributed by atoms with E-state index < -0.39 is 0 Å². The third-order valence-electron chi connectivity index (χ3n) is 4.90. The maximum absolute atomic E-state index is 12.5. The van der Waals surface area contributed by atoms with Gasteiger partial charge in [-0.05, 0) is 31.0 Å². The highest BCUT2D eigenvalue weighted by molar-refractivity contribution is 6.30. The Morgan fingerprint density at radius 3 is 2.48 bits per heavy atom. The summed E-state index contributed by atoms with van der Waals surface area (Å²) in [6, 6.07) is 9.66. The molecule has 6 nitrogen and oxygen atoms in total. The minimum atomic E-state index is 0.0192. The van der Waals surface area contributed by atoms with Crippen LogP contribution < -0.4 is 5.32 Å². The SMILES string of the molecule is CCC(NC(=O)CN1CCN(Cc2cc(C)no2)CC1)c1ccc(Cl)cc1. The van der Waals surface area contributed by atoms with Gasteiger partial charge in [-0.3, -0.25) is 14.6 Å². The molecular formula is C20H27ClN4O2. The van der Waals surface area contributed by atoms with Gasteiger partial charge in [-0.25, -0.2) is 0 Å². The average molecular weight is 391 g/mol. The molecule has 0 saturated carbocycles. The standard InChI is InChI=1S/C20H27ClN4O2/c1-3-19(16-4-6-17(21)7-5-16)22-20(26)14-25-10-8-24(9-11-25)13-18-12-15(2)23-27-18/h4-7,12,19H,3,8-11,13-14H2,1-2H3,(H,22,26). The lowest BCUT2D eigenvalue weighted by Gasteiger charge is -2.34. The molecule has 1 atom stereocenters. The Hall–Kier alpha value is -1.89. The highest BCUT2D eigenvalue weighted by Crippen LogP contribution is 2.19. The number of rotatable bonds is 7. The Morgan fingerprint density at radius 1 is 1.22 bits per heavy atom. The van der Waals surface area contributed by atoms with Crippen molar-refractivity contribution < 1.29 is 9.32 Å². The van der Waals surface area contributed by atoms with Gasteiger partial charge < -0.3 is 9.84 Å². The van der Waals surface area contributed by atoms with Crippen molar-refractivity contribution in [1.29, 1.82) is 0 Å². The number of amides is 1. The Bertz CT molecular complexity index is 739. The number of aromatic nitrogens is 1. The van der Waals surface area contributed by atoms with E-state index >= 15 is 0 Å². The van der Waals surface area contributed by atoms with Crippen LogP contribution in [0, 0.1) is 6.92 Å². The quantitative estimate of drug-likeness (QED) is 0.787. The van der Waals surface area contributed by atoms with Crippen LogP contribution in [-0.4, -0.2) is 53.6 Å². The molecular weight excluding hydrogens is 364 g/mol. The van der Waals surface area contributed by atoms with E-state index in [1.54, 1.807) is 0 Å². The number of nitrogens with one attached hydrogen (secondary N) is 1. The number of hydrogen-bond acceptors (Lipinski definition) is 5. The Morgan fingerprint density at radius 2 is 1.89 bits per heavy atom. The molecule has 1 aromatic carbocycles. The van der Waals surface area contributed by atoms with Gasteiger partial charge in [0.15, 0.2) is 5.76 Å². The highest BCUT2D eigenvalue weighted by atomic mass is 35.5. The van der Waals surface area contributed by atoms with Gasteiger partial charge in [0, 0.05) is 37.3 Å². The number of piperazine rings is 1. The van der Waals surface area contributed by atoms with Crippen LogP contribution in [0.4, 0.5) is 0 Å². The summed E-state index contributed by atoms with van der Waals surface area (Å²) in [6.45, 7) is 8.79. The van der Waals surface area contributed by atoms with Gasteiger partial charge in [-0.2, -0.15) is 0 Å². The van der Waals surface area contributed by atoms with Crippen molar-refractivity contribution in [2.45, 2.75) is 32.9 Å². The number of halogens is 1. The van der Waals surface area contributed by atoms with E-state index in [1.165, 1.54) is 0 Å². The van der Waals surface area contributed by atoms with Gasteiger partial charge in [0.05, 0.1) is 24.8 Å². The fraction of sp³-hybridized carbons (Fsp3) is 0.500. The Balaban J connectivity index is 1.44. The first kappa shape index (κ1) is 19.9. The van der Waals surface area contributed by atoms with E-state index in [0.29, 0.717) is 11.6 Å². The fourth-order valence-electron chi connectivity index (χ4n) is 3.38. The van der Waals surface area contributed by atoms with Crippen molar-refractivity contribution in [2.24, 2.45) is 0 Å². The minimum absolute atomic E-state index is 0.0192. The van der Waals surface area contributed by atoms with E-state index in [-0.39, 0.29) is 11.9 Å². The second-order valence-corrected chi connectivity index (χ2v) is 7.50. The van der Waals surface area contributed by atoms with E-state index in [9.17, 15) is 4.79 Å². The lowest BCUT2D eigenvalue weighted by molar-refractivity contribution is -0.123. The number of nitrogens with zero attached hydrogens (tertiary/aromatic N) is 3. The zero-order chi connectivity index (χ0) is 19.2. The van der Waals surface area contributed by atoms with Crippen molar-refractivity contribution in [1.82, 2.24) is 20.3 Å². The molecule has 1 aliphatic rings. The van der Waals surface area contributed by atoms with Crippen LogP contribution in [0.2, 0.25) is 5.02 Å². The van der Waals surface area contributed by atoms with Crippen molar-refractivity contribution in [3.63, 3.8) is 0 Å². The van der Waals surface area contributed by atoms with E-state index in [4.69, 9.17) is 16.1 Å². The summed E-state index contributed by atoms with van der Waals surface area (Å²) in [5.41, 5.74) is 1.99. The number of benzene rings is 1. The molecule has 1 saturated heterocycles. The number of hydrogen-bond donors (Lipinski definition) is 1. The molecule has 1 aromatic heterocycles. The largest absolute Gasteiger partial charge is 0.360 e. The average Bonchev–Trinajstić information content (AvgIpc) is 3.07. The first-order chi connectivity index (χ1) is 13.0. The normalized spacial score (nSPS) is 17.0. The van der Waals surface area contributed by atoms with Crippen LogP contribution >= 0.6 is 11.6 Å². The molecule has 2 heterocycles. The van der Waals surface area contributed by atoms with Gasteiger partial charge in [0.25, 0.3) is 0 Å². The summed E-state index contributed by atoms with van der Waals surface area (Å²) < 4.78 is 5.29. The molecule has 3 rings (SSSR count). The summed E-state index contributed by atoms with van der Waals surface area (Å²) in [5, 5.41) is 7.78. The summed E-state index contributed by atoms with van der Waals surface area (Å²) in [4.78, 5) is 17.0. The van der Waals surface area contributed by atoms with E-state index in [1.807, 2.05) is 37.3 Å². The molecule has 146 valence electrons. The van der Waals surface area contributed by atoms with Crippen molar-refractivity contribution in [3.05, 3.63) is 52.4 Å². The van der Waals surface area contributed by atoms with Crippen LogP contribution in [0.15, 0.2) is 34.9 Å². The first-order valence-corrected chi connectivity index (χ1v) is 9.83. The molecule has 0 spiro atoms. The Kier molecular flexibility index (Phi) is 6.88. The fourth-order valence-corrected chi connectivity index (χ4v) is 3.50. The molecule has 0 radical (unpaired) electrons. The maximum Gasteiger partial charge on any atom is 0.234 e. The third kappa shape index (κ3) is 5.79. The molecule has 1 amide bonds. The predicted molar refractivity (Wildman–Crippen MR) is 106 cm³/mol. The zero-order valence-electron chi connectivity index (χ0n) is 15.9. The predicted octanol–water partition coefficient (Wildman–Crippen LogP) is 3.02. The van der Waals surface area contributed by atoms with Crippen molar-refractivity contribution in [3.8, 4) is 0 Å². The highest BCUT2D eigenvalue weighted by Gasteiger charge is 2.21. The molecule has 1 unspecified atom stereocenters. The molecule has 1 aliphatic heterocycles. The monoisotopic (exact) mass is 390 g/mol. The molecule has 1 N–H and O–H groups in total. The van der Waals surface area contributed by atoms with Gasteiger partial charge >= 0.3 is 0 Å². The van der Waals surface area contributed by atoms with E-state index in [0.717, 1.165) is 56.2 Å². The summed E-state index contributed by atoms with van der Waals surface area (Å²) >= 11 is 5.95. The van der Waals surface area contributed by atoms with Gasteiger partial charge in [0.2, 0.25) is 5.91 Å². The van der Waals surface area contributed by atoms with Gasteiger partial charge in [-0.1, -0.05) is 35.8 Å². The number of carbonyl (C=O) groups excluding carboxylic acids is 1. The lowest BCUT2D eigenvalue weighted by Crippen LogP contribution is -2.49. The molecule has 27 heavy (non-hydrogen) atoms. The Labute approximate surface area is 165 Å². The van der Waals surface area contributed by atoms with Crippen LogP contribution in [0.3, 0.4) is 0 Å². The number of aryl methyl sites for hydroxylation is 1. The summed E-state index contributed by atoms with van der Waals surface area (Å²) in [6.07, 6.45) is 0.845. The van der Waals surface area contributed by atoms with Crippen LogP contribution in [0.1, 0.15) is 36.4 Å². The van der Waals surface area contributed by atoms with E-state index in [2.05, 4.69) is 27.2 Å². The molecule has 7 heteroatoms. The maximum atomic E-state index is 12.5. The van der Waals surface area contributed by atoms with Gasteiger partial charge in [-0.15, -0.1) is 0 Å². The van der Waals surface area contributed by atoms with Crippen LogP contribution in [-0.2, 0) is 11.3 Å². The molecule has 1 fully saturated rings. The van der Waals surface area contributed by atoms with Gasteiger partial charge in [0.1, 0.15) is 0 Å². The molecule has 0 bridgehead atoms. The zero-order valence-corrected chi connectivity index (χ0v) is 16.7. The van der Waals surface area contributed by atoms with Crippen molar-refractivity contribution >= 4 is 17.5 Å². The summed E-state index contributed by atoms with van der Waals surface area (Å²) in [5.74, 6) is 0.962. The van der Waals surface area contributed by atoms with Crippen molar-refractivity contribution in [2.75, 3.05) is 32.7 Å². The number of carbonyl (C=O) groups is 1. The van der Waals surface area contributed by atoms with Crippen LogP contribution in [0.25, 0.3) is 0 Å². The molecule has 0 aliphatic carbocycles. The minimum Gasteiger partial charge on any atom is -0.360 e. The second kappa shape index (κ2) is 9.35. The first-order valence-electron chi connectivity index (χ1n) is 9.45. The second-order valence-electron chi connectivity index (χ2n) is 7.07. The summed E-state index contributed by atoms with van der Waals surface area (Å²) in [7, 11) is 0. The lowest BCUT2D eigenvalue weighted by atomic mass is 10.0. The molecule has 2 aromatic rings. The van der Waals surface area contributed by atoms with Crippen LogP contribution in [0.5, 0.6) is 0 Å². The topological polar surface area (TPSA) is 61.6 Å². The smallest absolute Gasteiger partial charge is 0.234 e. The third-order valence-corrected chi connectivity index (χ3v) is 5.16.